The third kappa shape index (κ3) is 2.27. The molecule has 0 amide bonds. The highest BCUT2D eigenvalue weighted by Gasteiger charge is 2.06. The number of nitrogens with two attached hydrogens (primary N) is 1. The van der Waals surface area contributed by atoms with Crippen LogP contribution in [-0.4, -0.2) is 25.3 Å². The Morgan fingerprint density at radius 1 is 1.32 bits per heavy atom. The van der Waals surface area contributed by atoms with Gasteiger partial charge in [0.15, 0.2) is 0 Å². The Kier molecular flexibility index (Phi) is 2.88. The maximum atomic E-state index is 6.14. The minimum atomic E-state index is 0.185. The summed E-state index contributed by atoms with van der Waals surface area (Å²) in [6.45, 7) is 0.423. The summed E-state index contributed by atoms with van der Waals surface area (Å²) in [4.78, 5) is 5.61. The summed E-state index contributed by atoms with van der Waals surface area (Å²) in [6.07, 6.45) is 0. The third-order valence-electron chi connectivity index (χ3n) is 2.66. The second kappa shape index (κ2) is 4.69. The highest BCUT2D eigenvalue weighted by molar-refractivity contribution is 6.30. The topological polar surface area (TPSA) is 94.5 Å². The summed E-state index contributed by atoms with van der Waals surface area (Å²) in [5, 5.41) is 12.1. The van der Waals surface area contributed by atoms with Crippen molar-refractivity contribution in [3.05, 3.63) is 41.0 Å². The van der Waals surface area contributed by atoms with Crippen LogP contribution in [0, 0.1) is 0 Å². The number of aromatic nitrogens is 5. The van der Waals surface area contributed by atoms with Crippen molar-refractivity contribution in [2.75, 3.05) is 11.2 Å². The van der Waals surface area contributed by atoms with Crippen molar-refractivity contribution in [1.82, 2.24) is 25.3 Å². The van der Waals surface area contributed by atoms with Gasteiger partial charge in [-0.05, 0) is 22.6 Å². The summed E-state index contributed by atoms with van der Waals surface area (Å²) < 4.78 is 0. The first-order chi connectivity index (χ1) is 9.24. The molecule has 7 nitrogen and oxygen atoms in total. The summed E-state index contributed by atoms with van der Waals surface area (Å²) >= 11 is 6.14. The Bertz CT molecular complexity index is 724. The lowest BCUT2D eigenvalue weighted by Crippen LogP contribution is -2.18. The zero-order valence-corrected chi connectivity index (χ0v) is 10.5. The van der Waals surface area contributed by atoms with Gasteiger partial charge < -0.3 is 11.2 Å². The van der Waals surface area contributed by atoms with Gasteiger partial charge in [-0.15, -0.1) is 4.79 Å². The number of rotatable bonds is 3. The van der Waals surface area contributed by atoms with Crippen LogP contribution in [0.25, 0.3) is 10.9 Å². The van der Waals surface area contributed by atoms with E-state index in [0.29, 0.717) is 11.7 Å². The van der Waals surface area contributed by atoms with Gasteiger partial charge in [-0.1, -0.05) is 34.9 Å². The molecule has 96 valence electrons. The van der Waals surface area contributed by atoms with Gasteiger partial charge in [0.25, 0.3) is 5.95 Å². The van der Waals surface area contributed by atoms with Crippen molar-refractivity contribution >= 4 is 28.5 Å². The molecule has 3 aromatic rings. The van der Waals surface area contributed by atoms with Gasteiger partial charge in [-0.3, -0.25) is 0 Å². The molecule has 0 atom stereocenters. The fraction of sp³-hybridized carbons (Fsp3) is 0.0909. The maximum absolute atomic E-state index is 6.14. The SMILES string of the molecule is Nc1nnnn1NCc1cc2ccccc2nc1Cl. The highest BCUT2D eigenvalue weighted by atomic mass is 35.5. The summed E-state index contributed by atoms with van der Waals surface area (Å²) in [5.41, 5.74) is 10.2. The predicted molar refractivity (Wildman–Crippen MR) is 72.0 cm³/mol. The van der Waals surface area contributed by atoms with E-state index in [2.05, 4.69) is 25.9 Å². The molecule has 0 fully saturated rings. The fourth-order valence-corrected chi connectivity index (χ4v) is 1.94. The number of hydrogen-bond donors (Lipinski definition) is 2. The van der Waals surface area contributed by atoms with E-state index in [1.54, 1.807) is 0 Å². The quantitative estimate of drug-likeness (QED) is 0.698. The highest BCUT2D eigenvalue weighted by Crippen LogP contribution is 2.20. The molecule has 0 saturated heterocycles. The second-order valence-corrected chi connectivity index (χ2v) is 4.27. The van der Waals surface area contributed by atoms with Crippen LogP contribution in [0.3, 0.4) is 0 Å². The van der Waals surface area contributed by atoms with Crippen LogP contribution >= 0.6 is 11.6 Å². The number of anilines is 1. The maximum Gasteiger partial charge on any atom is 0.260 e. The Labute approximate surface area is 113 Å². The number of nitrogens with one attached hydrogen (secondary N) is 1. The number of nitrogens with zero attached hydrogens (tertiary/aromatic N) is 5. The van der Waals surface area contributed by atoms with Gasteiger partial charge >= 0.3 is 0 Å². The Morgan fingerprint density at radius 3 is 2.95 bits per heavy atom. The first kappa shape index (κ1) is 11.7. The molecular formula is C11H10ClN7. The van der Waals surface area contributed by atoms with Crippen molar-refractivity contribution < 1.29 is 0 Å². The second-order valence-electron chi connectivity index (χ2n) is 3.91. The lowest BCUT2D eigenvalue weighted by molar-refractivity contribution is 0.693. The molecule has 19 heavy (non-hydrogen) atoms. The minimum absolute atomic E-state index is 0.185. The van der Waals surface area contributed by atoms with Crippen LogP contribution in [0.5, 0.6) is 0 Å². The van der Waals surface area contributed by atoms with Crippen LogP contribution < -0.4 is 11.2 Å². The van der Waals surface area contributed by atoms with Gasteiger partial charge in [-0.25, -0.2) is 4.98 Å². The molecule has 0 radical (unpaired) electrons. The number of fused-ring (bicyclic) bond motifs is 1. The van der Waals surface area contributed by atoms with Crippen molar-refractivity contribution in [3.63, 3.8) is 0 Å². The molecule has 0 aliphatic rings. The zero-order valence-electron chi connectivity index (χ0n) is 9.79. The predicted octanol–water partition coefficient (Wildman–Crippen LogP) is 1.20. The van der Waals surface area contributed by atoms with Crippen LogP contribution in [0.4, 0.5) is 5.95 Å². The van der Waals surface area contributed by atoms with Crippen LogP contribution in [-0.2, 0) is 6.54 Å². The number of pyridine rings is 1. The van der Waals surface area contributed by atoms with E-state index in [-0.39, 0.29) is 5.95 Å². The lowest BCUT2D eigenvalue weighted by Gasteiger charge is -2.08. The molecular weight excluding hydrogens is 266 g/mol. The molecule has 8 heteroatoms. The Hall–Kier alpha value is -2.41. The van der Waals surface area contributed by atoms with Crippen molar-refractivity contribution in [3.8, 4) is 0 Å². The fourth-order valence-electron chi connectivity index (χ4n) is 1.73. The largest absolute Gasteiger partial charge is 0.365 e. The molecule has 0 aliphatic carbocycles. The molecule has 0 saturated carbocycles. The standard InChI is InChI=1S/C11H10ClN7/c12-10-8(6-14-19-11(13)16-17-18-19)5-7-3-1-2-4-9(7)15-10/h1-5,14H,6H2,(H2,13,16,18). The molecule has 2 heterocycles. The summed E-state index contributed by atoms with van der Waals surface area (Å²) in [7, 11) is 0. The lowest BCUT2D eigenvalue weighted by atomic mass is 10.1. The van der Waals surface area contributed by atoms with E-state index in [9.17, 15) is 0 Å². The molecule has 0 unspecified atom stereocenters. The van der Waals surface area contributed by atoms with Gasteiger partial charge in [0.05, 0.1) is 12.1 Å². The van der Waals surface area contributed by atoms with Gasteiger partial charge in [-0.2, -0.15) is 0 Å². The molecule has 0 aliphatic heterocycles. The summed E-state index contributed by atoms with van der Waals surface area (Å²) in [5.74, 6) is 0.185. The van der Waals surface area contributed by atoms with Crippen molar-refractivity contribution in [2.24, 2.45) is 0 Å². The van der Waals surface area contributed by atoms with Crippen LogP contribution in [0.1, 0.15) is 5.56 Å². The number of tetrazole rings is 1. The Morgan fingerprint density at radius 2 is 2.16 bits per heavy atom. The van der Waals surface area contributed by atoms with Crippen molar-refractivity contribution in [1.29, 1.82) is 0 Å². The van der Waals surface area contributed by atoms with E-state index < -0.39 is 0 Å². The summed E-state index contributed by atoms with van der Waals surface area (Å²) in [6, 6.07) is 9.74. The first-order valence-electron chi connectivity index (χ1n) is 5.56. The van der Waals surface area contributed by atoms with Crippen LogP contribution in [0.15, 0.2) is 30.3 Å². The minimum Gasteiger partial charge on any atom is -0.365 e. The van der Waals surface area contributed by atoms with E-state index in [4.69, 9.17) is 17.3 Å². The van der Waals surface area contributed by atoms with Crippen molar-refractivity contribution in [2.45, 2.75) is 6.54 Å². The number of benzene rings is 1. The van der Waals surface area contributed by atoms with E-state index in [0.717, 1.165) is 16.5 Å². The number of hydrogen-bond acceptors (Lipinski definition) is 6. The molecule has 0 spiro atoms. The monoisotopic (exact) mass is 275 g/mol. The number of nitrogen functional groups attached to an aromatic ring is 1. The Balaban J connectivity index is 1.88. The van der Waals surface area contributed by atoms with Gasteiger partial charge in [0, 0.05) is 10.9 Å². The van der Waals surface area contributed by atoms with Gasteiger partial charge in [0.2, 0.25) is 0 Å². The molecule has 2 aromatic heterocycles. The average molecular weight is 276 g/mol. The van der Waals surface area contributed by atoms with Gasteiger partial charge in [0.1, 0.15) is 5.15 Å². The normalized spacial score (nSPS) is 10.8. The number of para-hydroxylation sites is 1. The van der Waals surface area contributed by atoms with E-state index in [1.807, 2.05) is 30.3 Å². The number of halogens is 1. The van der Waals surface area contributed by atoms with E-state index in [1.165, 1.54) is 4.79 Å². The molecule has 3 rings (SSSR count). The van der Waals surface area contributed by atoms with Crippen LogP contribution in [0.2, 0.25) is 5.15 Å². The molecule has 1 aromatic carbocycles. The van der Waals surface area contributed by atoms with E-state index >= 15 is 0 Å². The third-order valence-corrected chi connectivity index (χ3v) is 2.99. The molecule has 3 N–H and O–H groups in total. The first-order valence-corrected chi connectivity index (χ1v) is 5.94. The smallest absolute Gasteiger partial charge is 0.260 e. The zero-order chi connectivity index (χ0) is 13.2. The average Bonchev–Trinajstić information content (AvgIpc) is 2.82. The molecule has 0 bridgehead atoms.